The summed E-state index contributed by atoms with van der Waals surface area (Å²) >= 11 is 0. The van der Waals surface area contributed by atoms with Gasteiger partial charge in [-0.05, 0) is 38.3 Å². The zero-order valence-corrected chi connectivity index (χ0v) is 20.7. The van der Waals surface area contributed by atoms with Gasteiger partial charge in [-0.1, -0.05) is 24.3 Å². The molecule has 1 saturated heterocycles. The average molecular weight is 524 g/mol. The number of carbonyl (C=O) groups excluding carboxylic acids is 1. The van der Waals surface area contributed by atoms with E-state index in [-0.39, 0.29) is 29.9 Å². The first-order valence-corrected chi connectivity index (χ1v) is 10.4. The number of benzene rings is 1. The Labute approximate surface area is 196 Å². The lowest BCUT2D eigenvalue weighted by Crippen LogP contribution is -2.37. The lowest BCUT2D eigenvalue weighted by molar-refractivity contribution is -0.128. The van der Waals surface area contributed by atoms with Crippen LogP contribution in [0.1, 0.15) is 47.8 Å². The maximum Gasteiger partial charge on any atom is 0.222 e. The molecule has 1 amide bonds. The SMILES string of the molecule is CCNC(=NCc1ccccc1CN1CCCC1=O)NCc1c(C)nn(C)c1C.I. The molecule has 2 N–H and O–H groups in total. The van der Waals surface area contributed by atoms with Crippen molar-refractivity contribution in [2.75, 3.05) is 13.1 Å². The smallest absolute Gasteiger partial charge is 0.222 e. The summed E-state index contributed by atoms with van der Waals surface area (Å²) in [5, 5.41) is 11.2. The van der Waals surface area contributed by atoms with Crippen molar-refractivity contribution in [2.24, 2.45) is 12.0 Å². The number of hydrogen-bond donors (Lipinski definition) is 2. The van der Waals surface area contributed by atoms with E-state index in [1.54, 1.807) is 0 Å². The maximum atomic E-state index is 12.0. The minimum atomic E-state index is 0. The molecule has 1 aliphatic rings. The van der Waals surface area contributed by atoms with Crippen molar-refractivity contribution in [3.05, 3.63) is 52.3 Å². The highest BCUT2D eigenvalue weighted by molar-refractivity contribution is 14.0. The van der Waals surface area contributed by atoms with Crippen LogP contribution in [0, 0.1) is 13.8 Å². The summed E-state index contributed by atoms with van der Waals surface area (Å²) in [5.74, 6) is 1.03. The summed E-state index contributed by atoms with van der Waals surface area (Å²) in [6.45, 7) is 9.74. The zero-order valence-electron chi connectivity index (χ0n) is 18.4. The first-order chi connectivity index (χ1) is 14.0. The monoisotopic (exact) mass is 524 g/mol. The fraction of sp³-hybridized carbons (Fsp3) is 0.500. The third-order valence-electron chi connectivity index (χ3n) is 5.49. The van der Waals surface area contributed by atoms with Crippen LogP contribution in [0.15, 0.2) is 29.3 Å². The van der Waals surface area contributed by atoms with E-state index < -0.39 is 0 Å². The molecule has 0 radical (unpaired) electrons. The number of halogens is 1. The van der Waals surface area contributed by atoms with Gasteiger partial charge < -0.3 is 15.5 Å². The van der Waals surface area contributed by atoms with Gasteiger partial charge in [-0.15, -0.1) is 24.0 Å². The molecular formula is C22H33IN6O. The quantitative estimate of drug-likeness (QED) is 0.332. The molecule has 0 aliphatic carbocycles. The minimum Gasteiger partial charge on any atom is -0.357 e. The number of nitrogens with one attached hydrogen (secondary N) is 2. The molecule has 164 valence electrons. The molecular weight excluding hydrogens is 491 g/mol. The Morgan fingerprint density at radius 3 is 2.53 bits per heavy atom. The van der Waals surface area contributed by atoms with Crippen molar-refractivity contribution in [3.63, 3.8) is 0 Å². The van der Waals surface area contributed by atoms with Gasteiger partial charge in [0.15, 0.2) is 5.96 Å². The minimum absolute atomic E-state index is 0. The van der Waals surface area contributed by atoms with E-state index in [0.29, 0.717) is 26.1 Å². The van der Waals surface area contributed by atoms with Crippen LogP contribution >= 0.6 is 24.0 Å². The highest BCUT2D eigenvalue weighted by Gasteiger charge is 2.20. The topological polar surface area (TPSA) is 74.6 Å². The van der Waals surface area contributed by atoms with E-state index >= 15 is 0 Å². The van der Waals surface area contributed by atoms with E-state index in [4.69, 9.17) is 4.99 Å². The molecule has 0 bridgehead atoms. The Bertz CT molecular complexity index is 892. The second-order valence-electron chi connectivity index (χ2n) is 7.51. The second-order valence-corrected chi connectivity index (χ2v) is 7.51. The third-order valence-corrected chi connectivity index (χ3v) is 5.49. The summed E-state index contributed by atoms with van der Waals surface area (Å²) in [7, 11) is 1.97. The fourth-order valence-electron chi connectivity index (χ4n) is 3.69. The van der Waals surface area contributed by atoms with Crippen molar-refractivity contribution in [1.29, 1.82) is 0 Å². The summed E-state index contributed by atoms with van der Waals surface area (Å²) in [4.78, 5) is 18.7. The summed E-state index contributed by atoms with van der Waals surface area (Å²) in [5.41, 5.74) is 5.71. The number of amides is 1. The van der Waals surface area contributed by atoms with Gasteiger partial charge >= 0.3 is 0 Å². The number of rotatable bonds is 7. The van der Waals surface area contributed by atoms with Crippen molar-refractivity contribution in [3.8, 4) is 0 Å². The Morgan fingerprint density at radius 1 is 1.20 bits per heavy atom. The molecule has 2 aromatic rings. The molecule has 2 heterocycles. The lowest BCUT2D eigenvalue weighted by Gasteiger charge is -2.18. The van der Waals surface area contributed by atoms with Crippen LogP contribution < -0.4 is 10.6 Å². The van der Waals surface area contributed by atoms with Crippen LogP contribution in [0.3, 0.4) is 0 Å². The third kappa shape index (κ3) is 5.96. The highest BCUT2D eigenvalue weighted by atomic mass is 127. The molecule has 1 aromatic carbocycles. The van der Waals surface area contributed by atoms with Crippen molar-refractivity contribution in [2.45, 2.75) is 53.2 Å². The molecule has 0 saturated carbocycles. The fourth-order valence-corrected chi connectivity index (χ4v) is 3.69. The Morgan fingerprint density at radius 2 is 1.93 bits per heavy atom. The van der Waals surface area contributed by atoms with Crippen LogP contribution in [0.5, 0.6) is 0 Å². The molecule has 1 fully saturated rings. The normalized spacial score (nSPS) is 14.1. The molecule has 1 aromatic heterocycles. The van der Waals surface area contributed by atoms with Crippen molar-refractivity contribution >= 4 is 35.8 Å². The Hall–Kier alpha value is -2.10. The summed E-state index contributed by atoms with van der Waals surface area (Å²) < 4.78 is 1.91. The first kappa shape index (κ1) is 24.2. The Balaban J connectivity index is 0.00000320. The maximum absolute atomic E-state index is 12.0. The predicted octanol–water partition coefficient (Wildman–Crippen LogP) is 3.03. The number of aliphatic imine (C=N–C) groups is 1. The molecule has 0 unspecified atom stereocenters. The molecule has 0 spiro atoms. The van der Waals surface area contributed by atoms with Gasteiger partial charge in [0.05, 0.1) is 12.2 Å². The van der Waals surface area contributed by atoms with Crippen molar-refractivity contribution in [1.82, 2.24) is 25.3 Å². The Kier molecular flexibility index (Phi) is 9.13. The van der Waals surface area contributed by atoms with Gasteiger partial charge in [0.2, 0.25) is 5.91 Å². The van der Waals surface area contributed by atoms with Gasteiger partial charge in [0.25, 0.3) is 0 Å². The van der Waals surface area contributed by atoms with Crippen LogP contribution in [0.25, 0.3) is 0 Å². The molecule has 3 rings (SSSR count). The van der Waals surface area contributed by atoms with E-state index in [1.165, 1.54) is 11.1 Å². The lowest BCUT2D eigenvalue weighted by atomic mass is 10.1. The highest BCUT2D eigenvalue weighted by Crippen LogP contribution is 2.18. The molecule has 0 atom stereocenters. The number of aryl methyl sites for hydroxylation is 2. The van der Waals surface area contributed by atoms with Crippen LogP contribution in [0.2, 0.25) is 0 Å². The van der Waals surface area contributed by atoms with Gasteiger partial charge in [0, 0.05) is 50.9 Å². The average Bonchev–Trinajstić information content (AvgIpc) is 3.21. The summed E-state index contributed by atoms with van der Waals surface area (Å²) in [6.07, 6.45) is 1.63. The standard InChI is InChI=1S/C22H32N6O.HI/c1-5-23-22(25-14-20-16(2)26-27(4)17(20)3)24-13-18-9-6-7-10-19(18)15-28-12-8-11-21(28)29;/h6-7,9-10H,5,8,11-15H2,1-4H3,(H2,23,24,25);1H. The largest absolute Gasteiger partial charge is 0.357 e. The number of nitrogens with zero attached hydrogens (tertiary/aromatic N) is 4. The summed E-state index contributed by atoms with van der Waals surface area (Å²) in [6, 6.07) is 8.25. The molecule has 1 aliphatic heterocycles. The number of likely N-dealkylation sites (tertiary alicyclic amines) is 1. The van der Waals surface area contributed by atoms with Crippen LogP contribution in [-0.2, 0) is 31.5 Å². The number of hydrogen-bond acceptors (Lipinski definition) is 3. The van der Waals surface area contributed by atoms with E-state index in [0.717, 1.165) is 42.4 Å². The number of aromatic nitrogens is 2. The van der Waals surface area contributed by atoms with E-state index in [9.17, 15) is 4.79 Å². The molecule has 7 nitrogen and oxygen atoms in total. The second kappa shape index (κ2) is 11.3. The zero-order chi connectivity index (χ0) is 20.8. The van der Waals surface area contributed by atoms with E-state index in [1.807, 2.05) is 35.7 Å². The number of guanidine groups is 1. The van der Waals surface area contributed by atoms with Crippen molar-refractivity contribution < 1.29 is 4.79 Å². The van der Waals surface area contributed by atoms with Crippen LogP contribution in [-0.4, -0.2) is 39.6 Å². The van der Waals surface area contributed by atoms with Gasteiger partial charge in [-0.25, -0.2) is 4.99 Å². The molecule has 8 heteroatoms. The predicted molar refractivity (Wildman–Crippen MR) is 131 cm³/mol. The van der Waals surface area contributed by atoms with Gasteiger partial charge in [0.1, 0.15) is 0 Å². The number of carbonyl (C=O) groups is 1. The van der Waals surface area contributed by atoms with Gasteiger partial charge in [-0.3, -0.25) is 9.48 Å². The van der Waals surface area contributed by atoms with Gasteiger partial charge in [-0.2, -0.15) is 5.10 Å². The molecule has 30 heavy (non-hydrogen) atoms. The van der Waals surface area contributed by atoms with E-state index in [2.05, 4.69) is 41.7 Å². The van der Waals surface area contributed by atoms with Crippen LogP contribution in [0.4, 0.5) is 0 Å². The first-order valence-electron chi connectivity index (χ1n) is 10.4.